The Morgan fingerprint density at radius 1 is 0.625 bits per heavy atom. The molecule has 2 atom stereocenters. The van der Waals surface area contributed by atoms with Crippen molar-refractivity contribution in [1.29, 1.82) is 0 Å². The van der Waals surface area contributed by atoms with Gasteiger partial charge in [-0.3, -0.25) is 14.4 Å². The molecule has 0 aliphatic heterocycles. The minimum atomic E-state index is -0.486. The molecule has 236 valence electrons. The van der Waals surface area contributed by atoms with Crippen molar-refractivity contribution < 1.29 is 14.4 Å². The Kier molecular flexibility index (Phi) is 24.1. The van der Waals surface area contributed by atoms with E-state index in [0.717, 1.165) is 25.7 Å². The van der Waals surface area contributed by atoms with Gasteiger partial charge in [0.05, 0.1) is 6.04 Å². The second kappa shape index (κ2) is 25.1. The smallest absolute Gasteiger partial charge is 0.236 e. The Balaban J connectivity index is 4.46. The van der Waals surface area contributed by atoms with Crippen molar-refractivity contribution in [2.45, 2.75) is 150 Å². The van der Waals surface area contributed by atoms with Crippen molar-refractivity contribution in [2.24, 2.45) is 23.5 Å². The molecule has 0 aromatic heterocycles. The van der Waals surface area contributed by atoms with E-state index in [-0.39, 0.29) is 23.6 Å². The third-order valence-electron chi connectivity index (χ3n) is 7.49. The van der Waals surface area contributed by atoms with Crippen LogP contribution in [0.1, 0.15) is 144 Å². The lowest BCUT2D eigenvalue weighted by atomic mass is 9.98. The summed E-state index contributed by atoms with van der Waals surface area (Å²) in [5.41, 5.74) is 5.98. The average molecular weight is 567 g/mol. The van der Waals surface area contributed by atoms with E-state index in [4.69, 9.17) is 5.73 Å². The van der Waals surface area contributed by atoms with Crippen molar-refractivity contribution >= 4 is 17.7 Å². The summed E-state index contributed by atoms with van der Waals surface area (Å²) in [7, 11) is 0. The van der Waals surface area contributed by atoms with Gasteiger partial charge in [0, 0.05) is 38.5 Å². The van der Waals surface area contributed by atoms with Crippen LogP contribution in [-0.2, 0) is 14.4 Å². The van der Waals surface area contributed by atoms with E-state index in [1.54, 1.807) is 0 Å². The zero-order chi connectivity index (χ0) is 30.2. The summed E-state index contributed by atoms with van der Waals surface area (Å²) in [4.78, 5) is 39.5. The van der Waals surface area contributed by atoms with Crippen molar-refractivity contribution in [3.8, 4) is 0 Å². The Bertz CT molecular complexity index is 618. The first kappa shape index (κ1) is 38.4. The molecule has 0 aliphatic carbocycles. The number of carbonyl (C=O) groups excluding carboxylic acids is 3. The van der Waals surface area contributed by atoms with E-state index in [9.17, 15) is 14.4 Å². The number of rotatable bonds is 26. The zero-order valence-corrected chi connectivity index (χ0v) is 27.2. The molecule has 0 aliphatic rings. The molecule has 4 N–H and O–H groups in total. The number of unbranched alkanes of at least 4 members (excludes halogenated alkanes) is 10. The molecule has 40 heavy (non-hydrogen) atoms. The van der Waals surface area contributed by atoms with Gasteiger partial charge in [0.25, 0.3) is 0 Å². The monoisotopic (exact) mass is 567 g/mol. The number of carbonyl (C=O) groups is 3. The van der Waals surface area contributed by atoms with E-state index < -0.39 is 6.04 Å². The number of hydrogen-bond acceptors (Lipinski definition) is 4. The number of nitrogens with one attached hydrogen (secondary N) is 2. The summed E-state index contributed by atoms with van der Waals surface area (Å²) in [6.07, 6.45) is 17.4. The molecule has 0 rings (SSSR count). The van der Waals surface area contributed by atoms with E-state index >= 15 is 0 Å². The summed E-state index contributed by atoms with van der Waals surface area (Å²) in [6.45, 7) is 14.9. The maximum Gasteiger partial charge on any atom is 0.236 e. The number of hydrogen-bond donors (Lipinski definition) is 3. The Morgan fingerprint density at radius 3 is 1.55 bits per heavy atom. The van der Waals surface area contributed by atoms with Gasteiger partial charge in [0.1, 0.15) is 0 Å². The summed E-state index contributed by atoms with van der Waals surface area (Å²) < 4.78 is 0. The summed E-state index contributed by atoms with van der Waals surface area (Å²) >= 11 is 0. The van der Waals surface area contributed by atoms with E-state index in [1.165, 1.54) is 57.8 Å². The molecule has 0 bridgehead atoms. The van der Waals surface area contributed by atoms with Gasteiger partial charge in [-0.05, 0) is 43.9 Å². The van der Waals surface area contributed by atoms with Crippen molar-refractivity contribution in [1.82, 2.24) is 15.5 Å². The number of amides is 3. The molecule has 0 fully saturated rings. The quantitative estimate of drug-likeness (QED) is 0.103. The maximum atomic E-state index is 13.0. The highest BCUT2D eigenvalue weighted by molar-refractivity contribution is 5.81. The fourth-order valence-electron chi connectivity index (χ4n) is 5.16. The molecule has 0 saturated heterocycles. The van der Waals surface area contributed by atoms with Gasteiger partial charge in [-0.15, -0.1) is 0 Å². The van der Waals surface area contributed by atoms with E-state index in [1.807, 2.05) is 11.8 Å². The van der Waals surface area contributed by atoms with Gasteiger partial charge in [-0.2, -0.15) is 0 Å². The molecule has 0 radical (unpaired) electrons. The van der Waals surface area contributed by atoms with E-state index in [0.29, 0.717) is 57.3 Å². The van der Waals surface area contributed by atoms with Crippen molar-refractivity contribution in [3.63, 3.8) is 0 Å². The second-order valence-corrected chi connectivity index (χ2v) is 12.7. The van der Waals surface area contributed by atoms with Gasteiger partial charge in [-0.25, -0.2) is 0 Å². The standard InChI is InChI=1S/C33H66N4O3/c1-7-8-9-10-11-12-13-14-15-16-17-20-31(38)37(23-18-21-35-32(39)29(6)25-27(2)3)24-19-22-36-33(40)30(34)26-28(4)5/h27-30H,7-26,34H2,1-6H3,(H,35,39)(H,36,40)/t29-,30-/m0/s1. The highest BCUT2D eigenvalue weighted by Crippen LogP contribution is 2.13. The van der Waals surface area contributed by atoms with Crippen LogP contribution in [0.3, 0.4) is 0 Å². The third-order valence-corrected chi connectivity index (χ3v) is 7.49. The lowest BCUT2D eigenvalue weighted by Crippen LogP contribution is -2.42. The van der Waals surface area contributed by atoms with Crippen molar-refractivity contribution in [2.75, 3.05) is 26.2 Å². The van der Waals surface area contributed by atoms with Gasteiger partial charge < -0.3 is 21.3 Å². The van der Waals surface area contributed by atoms with E-state index in [2.05, 4.69) is 45.3 Å². The maximum absolute atomic E-state index is 13.0. The van der Waals surface area contributed by atoms with Crippen LogP contribution >= 0.6 is 0 Å². The molecule has 0 saturated carbocycles. The Labute approximate surface area is 247 Å². The van der Waals surface area contributed by atoms with Crippen LogP contribution < -0.4 is 16.4 Å². The fourth-order valence-corrected chi connectivity index (χ4v) is 5.16. The molecule has 7 heteroatoms. The molecule has 0 unspecified atom stereocenters. The predicted octanol–water partition coefficient (Wildman–Crippen LogP) is 6.58. The largest absolute Gasteiger partial charge is 0.356 e. The highest BCUT2D eigenvalue weighted by Gasteiger charge is 2.17. The summed E-state index contributed by atoms with van der Waals surface area (Å²) in [5.74, 6) is 1.02. The van der Waals surface area contributed by atoms with Crippen LogP contribution in [0.4, 0.5) is 0 Å². The topological polar surface area (TPSA) is 105 Å². The summed E-state index contributed by atoms with van der Waals surface area (Å²) in [6, 6.07) is -0.486. The molecule has 7 nitrogen and oxygen atoms in total. The molecule has 0 heterocycles. The number of nitrogens with two attached hydrogens (primary N) is 1. The summed E-state index contributed by atoms with van der Waals surface area (Å²) in [5, 5.41) is 5.96. The first-order valence-electron chi connectivity index (χ1n) is 16.7. The zero-order valence-electron chi connectivity index (χ0n) is 27.2. The Hall–Kier alpha value is -1.63. The van der Waals surface area contributed by atoms with Crippen LogP contribution in [0, 0.1) is 17.8 Å². The van der Waals surface area contributed by atoms with Gasteiger partial charge in [0.2, 0.25) is 17.7 Å². The lowest BCUT2D eigenvalue weighted by molar-refractivity contribution is -0.131. The normalized spacial score (nSPS) is 12.9. The van der Waals surface area contributed by atoms with Crippen LogP contribution in [0.2, 0.25) is 0 Å². The molecule has 3 amide bonds. The first-order chi connectivity index (χ1) is 19.1. The molecule has 0 aromatic carbocycles. The lowest BCUT2D eigenvalue weighted by Gasteiger charge is -2.24. The average Bonchev–Trinajstić information content (AvgIpc) is 2.89. The molecular weight excluding hydrogens is 500 g/mol. The number of nitrogens with zero attached hydrogens (tertiary/aromatic N) is 1. The Morgan fingerprint density at radius 2 is 1.07 bits per heavy atom. The minimum Gasteiger partial charge on any atom is -0.356 e. The minimum absolute atomic E-state index is 0.00414. The predicted molar refractivity (Wildman–Crippen MR) is 169 cm³/mol. The van der Waals surface area contributed by atoms with Crippen LogP contribution in [0.15, 0.2) is 0 Å². The van der Waals surface area contributed by atoms with Crippen LogP contribution in [0.25, 0.3) is 0 Å². The van der Waals surface area contributed by atoms with Crippen LogP contribution in [0.5, 0.6) is 0 Å². The second-order valence-electron chi connectivity index (χ2n) is 12.7. The van der Waals surface area contributed by atoms with Gasteiger partial charge >= 0.3 is 0 Å². The first-order valence-corrected chi connectivity index (χ1v) is 16.7. The SMILES string of the molecule is CCCCCCCCCCCCCC(=O)N(CCCNC(=O)[C@@H](C)CC(C)C)CCCNC(=O)[C@@H](N)CC(C)C. The molecular formula is C33H66N4O3. The van der Waals surface area contributed by atoms with Crippen LogP contribution in [-0.4, -0.2) is 54.8 Å². The highest BCUT2D eigenvalue weighted by atomic mass is 16.2. The van der Waals surface area contributed by atoms with Gasteiger partial charge in [0.15, 0.2) is 0 Å². The van der Waals surface area contributed by atoms with Crippen molar-refractivity contribution in [3.05, 3.63) is 0 Å². The molecule has 0 spiro atoms. The van der Waals surface area contributed by atoms with Gasteiger partial charge in [-0.1, -0.05) is 106 Å². The molecule has 0 aromatic rings. The fraction of sp³-hybridized carbons (Fsp3) is 0.909. The third kappa shape index (κ3) is 22.1.